The van der Waals surface area contributed by atoms with E-state index in [1.165, 1.54) is 38.6 Å². The number of hydrogen-bond donors (Lipinski definition) is 1. The van der Waals surface area contributed by atoms with E-state index in [1.807, 2.05) is 0 Å². The van der Waals surface area contributed by atoms with Crippen LogP contribution >= 0.6 is 0 Å². The maximum absolute atomic E-state index is 5.31. The van der Waals surface area contributed by atoms with Gasteiger partial charge < -0.3 is 10.1 Å². The summed E-state index contributed by atoms with van der Waals surface area (Å²) in [5.41, 5.74) is 0. The normalized spacial score (nSPS) is 20.1. The average Bonchev–Trinajstić information content (AvgIpc) is 2.93. The van der Waals surface area contributed by atoms with Crippen LogP contribution in [0.5, 0.6) is 0 Å². The van der Waals surface area contributed by atoms with Crippen molar-refractivity contribution in [3.05, 3.63) is 0 Å². The molecule has 3 heteroatoms. The summed E-state index contributed by atoms with van der Waals surface area (Å²) >= 11 is 0. The quantitative estimate of drug-likeness (QED) is 0.660. The van der Waals surface area contributed by atoms with Gasteiger partial charge >= 0.3 is 0 Å². The predicted octanol–water partition coefficient (Wildman–Crippen LogP) is 2.90. The van der Waals surface area contributed by atoms with Gasteiger partial charge in [0.05, 0.1) is 6.61 Å². The molecule has 0 aromatic carbocycles. The topological polar surface area (TPSA) is 24.5 Å². The van der Waals surface area contributed by atoms with Gasteiger partial charge in [0.25, 0.3) is 0 Å². The molecule has 114 valence electrons. The third-order valence-electron chi connectivity index (χ3n) is 4.49. The van der Waals surface area contributed by atoms with Gasteiger partial charge in [-0.25, -0.2) is 0 Å². The van der Waals surface area contributed by atoms with Crippen molar-refractivity contribution in [3.63, 3.8) is 0 Å². The number of nitrogens with zero attached hydrogens (tertiary/aromatic N) is 1. The van der Waals surface area contributed by atoms with Crippen LogP contribution in [0.25, 0.3) is 0 Å². The van der Waals surface area contributed by atoms with Gasteiger partial charge in [0.15, 0.2) is 0 Å². The lowest BCUT2D eigenvalue weighted by molar-refractivity contribution is 0.0893. The Labute approximate surface area is 120 Å². The van der Waals surface area contributed by atoms with Gasteiger partial charge in [-0.05, 0) is 45.2 Å². The molecular weight excluding hydrogens is 236 g/mol. The third kappa shape index (κ3) is 5.80. The number of likely N-dealkylation sites (N-methyl/N-ethyl adjacent to an activating group) is 1. The van der Waals surface area contributed by atoms with Crippen molar-refractivity contribution in [3.8, 4) is 0 Å². The number of nitrogens with one attached hydrogen (secondary N) is 1. The van der Waals surface area contributed by atoms with Crippen LogP contribution in [0.2, 0.25) is 0 Å². The zero-order valence-electron chi connectivity index (χ0n) is 13.5. The van der Waals surface area contributed by atoms with Gasteiger partial charge in [-0.15, -0.1) is 0 Å². The van der Waals surface area contributed by atoms with Gasteiger partial charge in [-0.1, -0.05) is 26.7 Å². The molecule has 19 heavy (non-hydrogen) atoms. The van der Waals surface area contributed by atoms with E-state index in [9.17, 15) is 0 Å². The molecule has 0 saturated heterocycles. The summed E-state index contributed by atoms with van der Waals surface area (Å²) in [5.74, 6) is 0.885. The van der Waals surface area contributed by atoms with Crippen molar-refractivity contribution in [2.24, 2.45) is 5.92 Å². The number of rotatable bonds is 10. The highest BCUT2D eigenvalue weighted by Crippen LogP contribution is 2.28. The van der Waals surface area contributed by atoms with Crippen molar-refractivity contribution in [2.45, 2.75) is 65.0 Å². The Bertz CT molecular complexity index is 217. The summed E-state index contributed by atoms with van der Waals surface area (Å²) in [4.78, 5) is 2.56. The minimum Gasteiger partial charge on any atom is -0.383 e. The third-order valence-corrected chi connectivity index (χ3v) is 4.49. The minimum atomic E-state index is 0.516. The lowest BCUT2D eigenvalue weighted by Crippen LogP contribution is -2.48. The second kappa shape index (κ2) is 9.73. The first-order valence-electron chi connectivity index (χ1n) is 8.19. The first kappa shape index (κ1) is 16.9. The van der Waals surface area contributed by atoms with Crippen LogP contribution in [0.1, 0.15) is 52.9 Å². The highest BCUT2D eigenvalue weighted by atomic mass is 16.5. The summed E-state index contributed by atoms with van der Waals surface area (Å²) in [7, 11) is 1.80. The molecule has 1 N–H and O–H groups in total. The van der Waals surface area contributed by atoms with Gasteiger partial charge in [-0.2, -0.15) is 0 Å². The van der Waals surface area contributed by atoms with Crippen LogP contribution in [0, 0.1) is 5.92 Å². The van der Waals surface area contributed by atoms with E-state index in [-0.39, 0.29) is 0 Å². The average molecular weight is 270 g/mol. The Hall–Kier alpha value is -0.120. The van der Waals surface area contributed by atoms with Crippen molar-refractivity contribution in [1.82, 2.24) is 10.2 Å². The largest absolute Gasteiger partial charge is 0.383 e. The summed E-state index contributed by atoms with van der Waals surface area (Å²) in [5, 5.41) is 3.79. The highest BCUT2D eigenvalue weighted by Gasteiger charge is 2.27. The summed E-state index contributed by atoms with van der Waals surface area (Å²) in [6.07, 6.45) is 6.90. The van der Waals surface area contributed by atoms with Gasteiger partial charge in [0, 0.05) is 25.7 Å². The molecule has 0 heterocycles. The second-order valence-electron chi connectivity index (χ2n) is 6.00. The monoisotopic (exact) mass is 270 g/mol. The van der Waals surface area contributed by atoms with Crippen molar-refractivity contribution >= 4 is 0 Å². The SMILES string of the molecule is CCCNC(CN(CC)C(C)COC)C1CCCC1. The maximum atomic E-state index is 5.31. The fourth-order valence-corrected chi connectivity index (χ4v) is 3.29. The molecule has 2 unspecified atom stereocenters. The van der Waals surface area contributed by atoms with Crippen molar-refractivity contribution in [2.75, 3.05) is 33.4 Å². The van der Waals surface area contributed by atoms with Crippen LogP contribution in [0.4, 0.5) is 0 Å². The van der Waals surface area contributed by atoms with Crippen LogP contribution in [-0.4, -0.2) is 50.3 Å². The summed E-state index contributed by atoms with van der Waals surface area (Å²) in [6, 6.07) is 1.18. The molecule has 0 amide bonds. The molecule has 0 radical (unpaired) electrons. The number of ether oxygens (including phenoxy) is 1. The van der Waals surface area contributed by atoms with E-state index in [0.717, 1.165) is 25.6 Å². The second-order valence-corrected chi connectivity index (χ2v) is 6.00. The molecule has 0 spiro atoms. The van der Waals surface area contributed by atoms with Gasteiger partial charge in [0.1, 0.15) is 0 Å². The Morgan fingerprint density at radius 1 is 1.26 bits per heavy atom. The molecule has 1 aliphatic rings. The van der Waals surface area contributed by atoms with Gasteiger partial charge in [-0.3, -0.25) is 4.90 Å². The van der Waals surface area contributed by atoms with E-state index in [4.69, 9.17) is 4.74 Å². The standard InChI is InChI=1S/C16H34N2O/c1-5-11-17-16(15-9-7-8-10-15)12-18(6-2)14(3)13-19-4/h14-17H,5-13H2,1-4H3. The zero-order valence-corrected chi connectivity index (χ0v) is 13.5. The van der Waals surface area contributed by atoms with Crippen molar-refractivity contribution < 1.29 is 4.74 Å². The molecule has 2 atom stereocenters. The first-order valence-corrected chi connectivity index (χ1v) is 8.19. The van der Waals surface area contributed by atoms with Crippen LogP contribution in [0.3, 0.4) is 0 Å². The maximum Gasteiger partial charge on any atom is 0.0615 e. The molecule has 0 aromatic rings. The number of methoxy groups -OCH3 is 1. The van der Waals surface area contributed by atoms with E-state index in [0.29, 0.717) is 12.1 Å². The Morgan fingerprint density at radius 2 is 1.95 bits per heavy atom. The molecule has 1 rings (SSSR count). The first-order chi connectivity index (χ1) is 9.22. The van der Waals surface area contributed by atoms with Crippen LogP contribution in [-0.2, 0) is 4.74 Å². The molecule has 0 aromatic heterocycles. The fraction of sp³-hybridized carbons (Fsp3) is 1.00. The molecule has 1 fully saturated rings. The molecule has 0 bridgehead atoms. The Balaban J connectivity index is 2.52. The summed E-state index contributed by atoms with van der Waals surface area (Å²) in [6.45, 7) is 11.1. The molecular formula is C16H34N2O. The summed E-state index contributed by atoms with van der Waals surface area (Å²) < 4.78 is 5.31. The van der Waals surface area contributed by atoms with E-state index < -0.39 is 0 Å². The van der Waals surface area contributed by atoms with Crippen LogP contribution < -0.4 is 5.32 Å². The lowest BCUT2D eigenvalue weighted by atomic mass is 9.97. The lowest BCUT2D eigenvalue weighted by Gasteiger charge is -2.34. The highest BCUT2D eigenvalue weighted by molar-refractivity contribution is 4.84. The minimum absolute atomic E-state index is 0.516. The molecule has 3 nitrogen and oxygen atoms in total. The predicted molar refractivity (Wildman–Crippen MR) is 82.6 cm³/mol. The molecule has 1 aliphatic carbocycles. The number of hydrogen-bond acceptors (Lipinski definition) is 3. The molecule has 0 aliphatic heterocycles. The van der Waals surface area contributed by atoms with Gasteiger partial charge in [0.2, 0.25) is 0 Å². The smallest absolute Gasteiger partial charge is 0.0615 e. The fourth-order valence-electron chi connectivity index (χ4n) is 3.29. The molecule has 1 saturated carbocycles. The van der Waals surface area contributed by atoms with Crippen LogP contribution in [0.15, 0.2) is 0 Å². The Morgan fingerprint density at radius 3 is 2.47 bits per heavy atom. The van der Waals surface area contributed by atoms with Crippen molar-refractivity contribution in [1.29, 1.82) is 0 Å². The van der Waals surface area contributed by atoms with E-state index in [1.54, 1.807) is 7.11 Å². The van der Waals surface area contributed by atoms with E-state index >= 15 is 0 Å². The van der Waals surface area contributed by atoms with E-state index in [2.05, 4.69) is 31.0 Å². The Kier molecular flexibility index (Phi) is 8.67. The zero-order chi connectivity index (χ0) is 14.1.